The van der Waals surface area contributed by atoms with Gasteiger partial charge in [-0.25, -0.2) is 8.42 Å². The second-order valence-corrected chi connectivity index (χ2v) is 12.4. The Morgan fingerprint density at radius 2 is 1.54 bits per heavy atom. The summed E-state index contributed by atoms with van der Waals surface area (Å²) in [6.07, 6.45) is 1.28. The lowest BCUT2D eigenvalue weighted by atomic mass is 10.1. The lowest BCUT2D eigenvalue weighted by molar-refractivity contribution is -0.139. The molecule has 2 atom stereocenters. The van der Waals surface area contributed by atoms with Gasteiger partial charge in [-0.3, -0.25) is 13.9 Å². The van der Waals surface area contributed by atoms with E-state index in [-0.39, 0.29) is 23.4 Å². The molecule has 1 N–H and O–H groups in total. The summed E-state index contributed by atoms with van der Waals surface area (Å²) in [4.78, 5) is 28.5. The predicted octanol–water partition coefficient (Wildman–Crippen LogP) is 5.33. The summed E-state index contributed by atoms with van der Waals surface area (Å²) in [5.41, 5.74) is 2.29. The zero-order valence-electron chi connectivity index (χ0n) is 22.8. The Kier molecular flexibility index (Phi) is 10.7. The van der Waals surface area contributed by atoms with Crippen LogP contribution in [0.5, 0.6) is 0 Å². The molecular weight excluding hydrogens is 578 g/mol. The summed E-state index contributed by atoms with van der Waals surface area (Å²) in [6, 6.07) is 22.1. The van der Waals surface area contributed by atoms with E-state index in [0.717, 1.165) is 26.3 Å². The fourth-order valence-corrected chi connectivity index (χ4v) is 5.69. The van der Waals surface area contributed by atoms with Crippen LogP contribution in [0.1, 0.15) is 38.3 Å². The van der Waals surface area contributed by atoms with Crippen molar-refractivity contribution in [2.45, 2.75) is 57.5 Å². The fraction of sp³-hybridized carbons (Fsp3) is 0.333. The molecule has 2 amide bonds. The molecule has 0 radical (unpaired) electrons. The molecule has 0 aliphatic rings. The van der Waals surface area contributed by atoms with E-state index in [1.54, 1.807) is 43.3 Å². The highest BCUT2D eigenvalue weighted by atomic mass is 79.9. The Hall–Kier alpha value is -3.17. The number of benzene rings is 3. The largest absolute Gasteiger partial charge is 0.352 e. The molecule has 39 heavy (non-hydrogen) atoms. The first-order chi connectivity index (χ1) is 18.5. The number of sulfonamides is 1. The summed E-state index contributed by atoms with van der Waals surface area (Å²) in [6.45, 7) is 7.25. The maximum absolute atomic E-state index is 13.9. The number of hydrogen-bond acceptors (Lipinski definition) is 4. The molecule has 0 spiro atoms. The Bertz CT molecular complexity index is 1350. The van der Waals surface area contributed by atoms with Crippen molar-refractivity contribution in [3.63, 3.8) is 0 Å². The summed E-state index contributed by atoms with van der Waals surface area (Å²) in [5.74, 6) is -0.737. The van der Waals surface area contributed by atoms with E-state index >= 15 is 0 Å². The van der Waals surface area contributed by atoms with Crippen molar-refractivity contribution in [3.8, 4) is 0 Å². The lowest BCUT2D eigenvalue weighted by Gasteiger charge is -2.32. The van der Waals surface area contributed by atoms with Crippen molar-refractivity contribution in [2.24, 2.45) is 0 Å². The maximum Gasteiger partial charge on any atom is 0.264 e. The van der Waals surface area contributed by atoms with Crippen LogP contribution in [0.15, 0.2) is 88.2 Å². The number of rotatable bonds is 12. The van der Waals surface area contributed by atoms with Crippen LogP contribution in [0.25, 0.3) is 0 Å². The number of hydrogen-bond donors (Lipinski definition) is 1. The minimum Gasteiger partial charge on any atom is -0.352 e. The summed E-state index contributed by atoms with van der Waals surface area (Å²) in [5, 5.41) is 2.95. The maximum atomic E-state index is 13.9. The van der Waals surface area contributed by atoms with Gasteiger partial charge in [-0.05, 0) is 75.6 Å². The van der Waals surface area contributed by atoms with E-state index in [2.05, 4.69) is 21.2 Å². The number of aryl methyl sites for hydroxylation is 1. The molecular formula is C30H36BrN3O4S. The third kappa shape index (κ3) is 8.16. The van der Waals surface area contributed by atoms with Crippen molar-refractivity contribution in [2.75, 3.05) is 17.4 Å². The summed E-state index contributed by atoms with van der Waals surface area (Å²) in [7, 11) is -4.08. The van der Waals surface area contributed by atoms with Crippen molar-refractivity contribution in [1.82, 2.24) is 10.2 Å². The van der Waals surface area contributed by atoms with Crippen molar-refractivity contribution < 1.29 is 18.0 Å². The average molecular weight is 615 g/mol. The molecule has 3 aromatic rings. The first kappa shape index (κ1) is 30.4. The first-order valence-corrected chi connectivity index (χ1v) is 15.2. The van der Waals surface area contributed by atoms with Gasteiger partial charge in [-0.15, -0.1) is 0 Å². The number of nitrogens with one attached hydrogen (secondary N) is 1. The zero-order valence-corrected chi connectivity index (χ0v) is 25.2. The molecule has 9 heteroatoms. The second kappa shape index (κ2) is 13.8. The number of halogens is 1. The van der Waals surface area contributed by atoms with Gasteiger partial charge < -0.3 is 10.2 Å². The summed E-state index contributed by atoms with van der Waals surface area (Å²) < 4.78 is 29.5. The molecule has 7 nitrogen and oxygen atoms in total. The highest BCUT2D eigenvalue weighted by Gasteiger charge is 2.32. The Labute approximate surface area is 240 Å². The van der Waals surface area contributed by atoms with Gasteiger partial charge in [-0.1, -0.05) is 70.9 Å². The number of nitrogens with zero attached hydrogens (tertiary/aromatic N) is 2. The van der Waals surface area contributed by atoms with Gasteiger partial charge in [0.25, 0.3) is 10.0 Å². The van der Waals surface area contributed by atoms with Crippen LogP contribution in [0.3, 0.4) is 0 Å². The van der Waals surface area contributed by atoms with Crippen molar-refractivity contribution in [1.29, 1.82) is 0 Å². The normalized spacial score (nSPS) is 12.8. The van der Waals surface area contributed by atoms with Crippen LogP contribution in [0.4, 0.5) is 5.69 Å². The molecule has 0 saturated carbocycles. The molecule has 3 aromatic carbocycles. The minimum atomic E-state index is -4.08. The van der Waals surface area contributed by atoms with Crippen LogP contribution < -0.4 is 9.62 Å². The molecule has 0 fully saturated rings. The molecule has 0 aliphatic carbocycles. The highest BCUT2D eigenvalue weighted by Crippen LogP contribution is 2.26. The van der Waals surface area contributed by atoms with Crippen LogP contribution in [0, 0.1) is 6.92 Å². The highest BCUT2D eigenvalue weighted by molar-refractivity contribution is 9.10. The van der Waals surface area contributed by atoms with Gasteiger partial charge in [0.15, 0.2) is 0 Å². The van der Waals surface area contributed by atoms with E-state index in [1.165, 1.54) is 17.0 Å². The number of carbonyl (C=O) groups is 2. The molecule has 0 saturated heterocycles. The first-order valence-electron chi connectivity index (χ1n) is 13.0. The Morgan fingerprint density at radius 3 is 2.13 bits per heavy atom. The van der Waals surface area contributed by atoms with E-state index in [9.17, 15) is 18.0 Å². The minimum absolute atomic E-state index is 0.0489. The average Bonchev–Trinajstić information content (AvgIpc) is 2.93. The van der Waals surface area contributed by atoms with E-state index < -0.39 is 28.5 Å². The molecule has 208 valence electrons. The quantitative estimate of drug-likeness (QED) is 0.299. The van der Waals surface area contributed by atoms with Crippen LogP contribution >= 0.6 is 15.9 Å². The van der Waals surface area contributed by atoms with Gasteiger partial charge in [0, 0.05) is 17.1 Å². The monoisotopic (exact) mass is 613 g/mol. The van der Waals surface area contributed by atoms with Crippen molar-refractivity contribution in [3.05, 3.63) is 94.5 Å². The number of anilines is 1. The third-order valence-electron chi connectivity index (χ3n) is 6.65. The standard InChI is InChI=1S/C30H36BrN3O4S/c1-5-23(3)32-30(36)24(4)33(20-19-25-9-7-6-8-10-25)29(35)21-34(27-15-13-26(31)14-16-27)39(37,38)28-17-11-22(2)12-18-28/h6-18,23-24H,5,19-21H2,1-4H3,(H,32,36)/t23-,24+/m1/s1. The summed E-state index contributed by atoms with van der Waals surface area (Å²) >= 11 is 3.39. The van der Waals surface area contributed by atoms with Gasteiger partial charge in [0.2, 0.25) is 11.8 Å². The number of carbonyl (C=O) groups excluding carboxylic acids is 2. The number of amides is 2. The molecule has 0 heterocycles. The van der Waals surface area contributed by atoms with Crippen molar-refractivity contribution >= 4 is 43.5 Å². The van der Waals surface area contributed by atoms with Gasteiger partial charge in [0.05, 0.1) is 10.6 Å². The Balaban J connectivity index is 1.96. The third-order valence-corrected chi connectivity index (χ3v) is 8.97. The molecule has 3 rings (SSSR count). The van der Waals surface area contributed by atoms with E-state index in [0.29, 0.717) is 12.1 Å². The second-order valence-electron chi connectivity index (χ2n) is 9.62. The lowest BCUT2D eigenvalue weighted by Crippen LogP contribution is -2.53. The van der Waals surface area contributed by atoms with Crippen LogP contribution in [-0.2, 0) is 26.0 Å². The zero-order chi connectivity index (χ0) is 28.6. The molecule has 0 unspecified atom stereocenters. The SMILES string of the molecule is CC[C@@H](C)NC(=O)[C@H](C)N(CCc1ccccc1)C(=O)CN(c1ccc(Br)cc1)S(=O)(=O)c1ccc(C)cc1. The van der Waals surface area contributed by atoms with Gasteiger partial charge in [-0.2, -0.15) is 0 Å². The van der Waals surface area contributed by atoms with Crippen LogP contribution in [0.2, 0.25) is 0 Å². The molecule has 0 aliphatic heterocycles. The van der Waals surface area contributed by atoms with Gasteiger partial charge in [0.1, 0.15) is 12.6 Å². The predicted molar refractivity (Wildman–Crippen MR) is 159 cm³/mol. The van der Waals surface area contributed by atoms with E-state index in [1.807, 2.05) is 51.1 Å². The fourth-order valence-electron chi connectivity index (χ4n) is 4.01. The smallest absolute Gasteiger partial charge is 0.264 e. The molecule has 0 aromatic heterocycles. The van der Waals surface area contributed by atoms with E-state index in [4.69, 9.17) is 0 Å². The van der Waals surface area contributed by atoms with Gasteiger partial charge >= 0.3 is 0 Å². The molecule has 0 bridgehead atoms. The Morgan fingerprint density at radius 1 is 0.923 bits per heavy atom. The van der Waals surface area contributed by atoms with Crippen LogP contribution in [-0.4, -0.2) is 50.3 Å². The topological polar surface area (TPSA) is 86.8 Å².